The minimum Gasteiger partial charge on any atom is -0.330 e. The van der Waals surface area contributed by atoms with Crippen molar-refractivity contribution in [3.05, 3.63) is 0 Å². The van der Waals surface area contributed by atoms with E-state index in [-0.39, 0.29) is 0 Å². The first kappa shape index (κ1) is 18.8. The van der Waals surface area contributed by atoms with Gasteiger partial charge in [0.15, 0.2) is 0 Å². The molecule has 0 aliphatic carbocycles. The van der Waals surface area contributed by atoms with Crippen LogP contribution in [0.3, 0.4) is 0 Å². The summed E-state index contributed by atoms with van der Waals surface area (Å²) in [5, 5.41) is 3.71. The van der Waals surface area contributed by atoms with E-state index in [4.69, 9.17) is 5.73 Å². The summed E-state index contributed by atoms with van der Waals surface area (Å²) >= 11 is 0. The van der Waals surface area contributed by atoms with E-state index in [2.05, 4.69) is 43.3 Å². The van der Waals surface area contributed by atoms with Crippen LogP contribution >= 0.6 is 0 Å². The maximum Gasteiger partial charge on any atom is 0.00680 e. The van der Waals surface area contributed by atoms with Crippen molar-refractivity contribution in [2.24, 2.45) is 5.73 Å². The Morgan fingerprint density at radius 2 is 1.37 bits per heavy atom. The summed E-state index contributed by atoms with van der Waals surface area (Å²) in [5.74, 6) is 0. The van der Waals surface area contributed by atoms with Gasteiger partial charge in [-0.05, 0) is 92.9 Å². The largest absolute Gasteiger partial charge is 0.330 e. The highest BCUT2D eigenvalue weighted by atomic mass is 15.1. The fraction of sp³-hybridized carbons (Fsp3) is 1.00. The van der Waals surface area contributed by atoms with Gasteiger partial charge < -0.3 is 20.9 Å². The molecule has 0 bridgehead atoms. The maximum absolute atomic E-state index is 5.53. The van der Waals surface area contributed by atoms with Gasteiger partial charge in [-0.1, -0.05) is 0 Å². The molecule has 0 atom stereocenters. The Kier molecular flexibility index (Phi) is 12.7. The van der Waals surface area contributed by atoms with Crippen LogP contribution in [-0.4, -0.2) is 70.2 Å². The summed E-state index contributed by atoms with van der Waals surface area (Å²) in [6.45, 7) is 4.31. The molecule has 0 unspecified atom stereocenters. The number of rotatable bonds is 13. The normalized spacial score (nSPS) is 12.0. The second kappa shape index (κ2) is 12.9. The topological polar surface area (TPSA) is 44.5 Å². The number of nitrogens with two attached hydrogens (primary N) is 1. The van der Waals surface area contributed by atoms with E-state index in [0.29, 0.717) is 6.04 Å². The van der Waals surface area contributed by atoms with Gasteiger partial charge in [0.2, 0.25) is 0 Å². The fourth-order valence-electron chi connectivity index (χ4n) is 2.23. The number of hydrogen-bond acceptors (Lipinski definition) is 4. The van der Waals surface area contributed by atoms with E-state index in [1.807, 2.05) is 0 Å². The lowest BCUT2D eigenvalue weighted by Gasteiger charge is -2.21. The molecule has 4 heteroatoms. The molecule has 0 radical (unpaired) electrons. The molecule has 0 aliphatic rings. The van der Waals surface area contributed by atoms with Crippen LogP contribution in [0.15, 0.2) is 0 Å². The highest BCUT2D eigenvalue weighted by Gasteiger charge is 2.08. The molecule has 0 aromatic rings. The lowest BCUT2D eigenvalue weighted by Crippen LogP contribution is -2.32. The SMILES string of the molecule is CN(C)CCCC(CCCN(C)C)NCCCCN. The van der Waals surface area contributed by atoms with Crippen molar-refractivity contribution in [1.29, 1.82) is 0 Å². The molecular weight excluding hydrogens is 236 g/mol. The van der Waals surface area contributed by atoms with Crippen molar-refractivity contribution < 1.29 is 0 Å². The molecule has 0 fully saturated rings. The average Bonchev–Trinajstić information content (AvgIpc) is 2.33. The molecule has 19 heavy (non-hydrogen) atoms. The van der Waals surface area contributed by atoms with Crippen LogP contribution in [0.25, 0.3) is 0 Å². The highest BCUT2D eigenvalue weighted by Crippen LogP contribution is 2.06. The predicted molar refractivity (Wildman–Crippen MR) is 85.7 cm³/mol. The molecule has 0 heterocycles. The molecule has 0 rings (SSSR count). The second-order valence-electron chi connectivity index (χ2n) is 6.04. The summed E-state index contributed by atoms with van der Waals surface area (Å²) in [4.78, 5) is 4.54. The molecule has 0 amide bonds. The van der Waals surface area contributed by atoms with Crippen LogP contribution in [0, 0.1) is 0 Å². The Hall–Kier alpha value is -0.160. The molecule has 0 aromatic carbocycles. The smallest absolute Gasteiger partial charge is 0.00680 e. The van der Waals surface area contributed by atoms with Gasteiger partial charge in [-0.25, -0.2) is 0 Å². The quantitative estimate of drug-likeness (QED) is 0.497. The van der Waals surface area contributed by atoms with E-state index in [1.54, 1.807) is 0 Å². The zero-order chi connectivity index (χ0) is 14.5. The van der Waals surface area contributed by atoms with Gasteiger partial charge in [0.05, 0.1) is 0 Å². The van der Waals surface area contributed by atoms with Crippen LogP contribution in [0.4, 0.5) is 0 Å². The van der Waals surface area contributed by atoms with Crippen LogP contribution in [0.5, 0.6) is 0 Å². The first-order valence-corrected chi connectivity index (χ1v) is 7.79. The van der Waals surface area contributed by atoms with Gasteiger partial charge in [-0.2, -0.15) is 0 Å². The monoisotopic (exact) mass is 272 g/mol. The Balaban J connectivity index is 3.78. The molecule has 4 nitrogen and oxygen atoms in total. The third-order valence-electron chi connectivity index (χ3n) is 3.38. The molecule has 3 N–H and O–H groups in total. The number of nitrogens with one attached hydrogen (secondary N) is 1. The third-order valence-corrected chi connectivity index (χ3v) is 3.38. The Morgan fingerprint density at radius 1 is 0.842 bits per heavy atom. The summed E-state index contributed by atoms with van der Waals surface area (Å²) < 4.78 is 0. The van der Waals surface area contributed by atoms with E-state index < -0.39 is 0 Å². The number of unbranched alkanes of at least 4 members (excludes halogenated alkanes) is 1. The molecule has 0 spiro atoms. The fourth-order valence-corrected chi connectivity index (χ4v) is 2.23. The Morgan fingerprint density at radius 3 is 1.79 bits per heavy atom. The molecular formula is C15H36N4. The van der Waals surface area contributed by atoms with Crippen LogP contribution in [0.1, 0.15) is 38.5 Å². The van der Waals surface area contributed by atoms with E-state index in [9.17, 15) is 0 Å². The minimum atomic E-state index is 0.678. The highest BCUT2D eigenvalue weighted by molar-refractivity contribution is 4.68. The van der Waals surface area contributed by atoms with Gasteiger partial charge in [0, 0.05) is 6.04 Å². The van der Waals surface area contributed by atoms with Crippen molar-refractivity contribution in [3.8, 4) is 0 Å². The number of nitrogens with zero attached hydrogens (tertiary/aromatic N) is 2. The second-order valence-corrected chi connectivity index (χ2v) is 6.04. The predicted octanol–water partition coefficient (Wildman–Crippen LogP) is 1.37. The van der Waals surface area contributed by atoms with Crippen molar-refractivity contribution in [2.75, 3.05) is 54.4 Å². The minimum absolute atomic E-state index is 0.678. The molecule has 0 saturated heterocycles. The van der Waals surface area contributed by atoms with E-state index in [0.717, 1.165) is 19.5 Å². The molecule has 0 aromatic heterocycles. The van der Waals surface area contributed by atoms with Crippen molar-refractivity contribution in [1.82, 2.24) is 15.1 Å². The third kappa shape index (κ3) is 14.1. The number of hydrogen-bond donors (Lipinski definition) is 2. The van der Waals surface area contributed by atoms with Crippen LogP contribution < -0.4 is 11.1 Å². The van der Waals surface area contributed by atoms with Gasteiger partial charge in [-0.15, -0.1) is 0 Å². The molecule has 0 saturated carbocycles. The zero-order valence-electron chi connectivity index (χ0n) is 13.6. The van der Waals surface area contributed by atoms with E-state index in [1.165, 1.54) is 45.2 Å². The summed E-state index contributed by atoms with van der Waals surface area (Å²) in [6.07, 6.45) is 7.47. The van der Waals surface area contributed by atoms with E-state index >= 15 is 0 Å². The first-order chi connectivity index (χ1) is 9.06. The van der Waals surface area contributed by atoms with Crippen LogP contribution in [-0.2, 0) is 0 Å². The van der Waals surface area contributed by atoms with Crippen molar-refractivity contribution in [2.45, 2.75) is 44.6 Å². The maximum atomic E-state index is 5.53. The first-order valence-electron chi connectivity index (χ1n) is 7.79. The van der Waals surface area contributed by atoms with Crippen molar-refractivity contribution in [3.63, 3.8) is 0 Å². The van der Waals surface area contributed by atoms with Crippen molar-refractivity contribution >= 4 is 0 Å². The average molecular weight is 272 g/mol. The van der Waals surface area contributed by atoms with Crippen LogP contribution in [0.2, 0.25) is 0 Å². The van der Waals surface area contributed by atoms with Gasteiger partial charge in [0.25, 0.3) is 0 Å². The lowest BCUT2D eigenvalue weighted by atomic mass is 10.0. The molecule has 0 aliphatic heterocycles. The standard InChI is InChI=1S/C15H36N4/c1-18(2)13-7-9-15(10-8-14-19(3)4)17-12-6-5-11-16/h15,17H,5-14,16H2,1-4H3. The summed E-state index contributed by atoms with van der Waals surface area (Å²) in [7, 11) is 8.59. The van der Waals surface area contributed by atoms with Gasteiger partial charge in [-0.3, -0.25) is 0 Å². The summed E-state index contributed by atoms with van der Waals surface area (Å²) in [6, 6.07) is 0.678. The van der Waals surface area contributed by atoms with Gasteiger partial charge in [0.1, 0.15) is 0 Å². The lowest BCUT2D eigenvalue weighted by molar-refractivity contribution is 0.339. The Bertz CT molecular complexity index is 169. The zero-order valence-corrected chi connectivity index (χ0v) is 13.6. The van der Waals surface area contributed by atoms with Gasteiger partial charge >= 0.3 is 0 Å². The molecule has 116 valence electrons. The summed E-state index contributed by atoms with van der Waals surface area (Å²) in [5.41, 5.74) is 5.53. The Labute approximate surface area is 120 Å².